The van der Waals surface area contributed by atoms with Crippen LogP contribution in [0.1, 0.15) is 5.56 Å². The Morgan fingerprint density at radius 2 is 1.68 bits per heavy atom. The minimum Gasteiger partial charge on any atom is -0.424 e. The molecular weight excluding hydrogens is 343 g/mol. The molecule has 1 saturated heterocycles. The summed E-state index contributed by atoms with van der Waals surface area (Å²) < 4.78 is 29.3. The van der Waals surface area contributed by atoms with Crippen molar-refractivity contribution in [3.05, 3.63) is 66.2 Å². The zero-order valence-corrected chi connectivity index (χ0v) is 14.5. The molecule has 1 heterocycles. The average Bonchev–Trinajstić information content (AvgIpc) is 2.61. The van der Waals surface area contributed by atoms with Gasteiger partial charge in [0.1, 0.15) is 18.0 Å². The second kappa shape index (κ2) is 8.13. The summed E-state index contributed by atoms with van der Waals surface area (Å²) in [4.78, 5) is 0. The molecule has 0 amide bonds. The van der Waals surface area contributed by atoms with Gasteiger partial charge in [-0.15, -0.1) is 0 Å². The van der Waals surface area contributed by atoms with Crippen molar-refractivity contribution in [2.45, 2.75) is 24.9 Å². The third kappa shape index (κ3) is 4.91. The number of hydrogen-bond donors (Lipinski definition) is 2. The van der Waals surface area contributed by atoms with Crippen molar-refractivity contribution in [2.75, 3.05) is 12.8 Å². The molecule has 2 aromatic rings. The predicted octanol–water partition coefficient (Wildman–Crippen LogP) is 2.60. The van der Waals surface area contributed by atoms with Gasteiger partial charge in [0.15, 0.2) is 0 Å². The number of aliphatic hydroxyl groups excluding tert-OH is 2. The topological polar surface area (TPSA) is 85.2 Å². The van der Waals surface area contributed by atoms with Crippen molar-refractivity contribution in [1.29, 1.82) is 0 Å². The highest BCUT2D eigenvalue weighted by molar-refractivity contribution is 7.54. The lowest BCUT2D eigenvalue weighted by Crippen LogP contribution is -2.47. The van der Waals surface area contributed by atoms with E-state index >= 15 is 0 Å². The van der Waals surface area contributed by atoms with E-state index in [4.69, 9.17) is 13.8 Å². The van der Waals surface area contributed by atoms with Gasteiger partial charge in [0.2, 0.25) is 0 Å². The monoisotopic (exact) mass is 364 g/mol. The van der Waals surface area contributed by atoms with Crippen molar-refractivity contribution in [3.8, 4) is 5.75 Å². The molecule has 0 spiro atoms. The van der Waals surface area contributed by atoms with Gasteiger partial charge in [-0.05, 0) is 17.7 Å². The highest BCUT2D eigenvalue weighted by Gasteiger charge is 2.45. The lowest BCUT2D eigenvalue weighted by Gasteiger charge is -2.36. The van der Waals surface area contributed by atoms with E-state index in [1.807, 2.05) is 36.4 Å². The molecule has 6 nitrogen and oxygen atoms in total. The second-order valence-corrected chi connectivity index (χ2v) is 7.88. The summed E-state index contributed by atoms with van der Waals surface area (Å²) in [5.74, 6) is 0.387. The van der Waals surface area contributed by atoms with Crippen LogP contribution in [-0.2, 0) is 20.4 Å². The summed E-state index contributed by atoms with van der Waals surface area (Å²) in [6.07, 6.45) is -3.58. The van der Waals surface area contributed by atoms with Crippen LogP contribution in [0, 0.1) is 0 Å². The Hall–Kier alpha value is -1.69. The highest BCUT2D eigenvalue weighted by Crippen LogP contribution is 2.53. The average molecular weight is 364 g/mol. The van der Waals surface area contributed by atoms with Crippen molar-refractivity contribution in [3.63, 3.8) is 0 Å². The number of para-hydroxylation sites is 1. The van der Waals surface area contributed by atoms with Gasteiger partial charge in [0.25, 0.3) is 0 Å². The molecule has 0 bridgehead atoms. The van der Waals surface area contributed by atoms with Crippen molar-refractivity contribution in [1.82, 2.24) is 0 Å². The lowest BCUT2D eigenvalue weighted by atomic mass is 10.1. The Morgan fingerprint density at radius 1 is 1.04 bits per heavy atom. The fraction of sp³-hybridized carbons (Fsp3) is 0.333. The maximum Gasteiger partial charge on any atom is 0.382 e. The molecule has 2 aromatic carbocycles. The second-order valence-electron chi connectivity index (χ2n) is 5.90. The summed E-state index contributed by atoms with van der Waals surface area (Å²) in [7, 11) is -3.59. The van der Waals surface area contributed by atoms with Crippen molar-refractivity contribution < 1.29 is 28.6 Å². The summed E-state index contributed by atoms with van der Waals surface area (Å²) in [6, 6.07) is 18.1. The van der Waals surface area contributed by atoms with Crippen LogP contribution >= 0.6 is 7.60 Å². The molecule has 0 aromatic heterocycles. The van der Waals surface area contributed by atoms with Crippen LogP contribution in [0.25, 0.3) is 0 Å². The standard InChI is InChI=1S/C18H21O6P/c19-16-13-25(21,23-15-9-5-2-6-10-15)24-17(18(16)20)12-22-11-14-7-3-1-4-8-14/h1-10,16-20H,11-13H2/t16-,17+,18-,25?/m1/s1. The molecule has 0 aliphatic carbocycles. The Labute approximate surface area is 146 Å². The third-order valence-electron chi connectivity index (χ3n) is 3.86. The SMILES string of the molecule is O=P1(Oc2ccccc2)C[C@@H](O)[C@@H](O)[C@H](COCc2ccccc2)O1. The van der Waals surface area contributed by atoms with Crippen LogP contribution in [0.3, 0.4) is 0 Å². The van der Waals surface area contributed by atoms with E-state index in [0.29, 0.717) is 12.4 Å². The van der Waals surface area contributed by atoms with Crippen LogP contribution in [0.2, 0.25) is 0 Å². The number of ether oxygens (including phenoxy) is 1. The van der Waals surface area contributed by atoms with E-state index in [1.54, 1.807) is 24.3 Å². The third-order valence-corrected chi connectivity index (χ3v) is 5.77. The predicted molar refractivity (Wildman–Crippen MR) is 92.5 cm³/mol. The minimum atomic E-state index is -3.59. The summed E-state index contributed by atoms with van der Waals surface area (Å²) >= 11 is 0. The van der Waals surface area contributed by atoms with Crippen molar-refractivity contribution >= 4 is 7.60 Å². The van der Waals surface area contributed by atoms with Gasteiger partial charge in [0.05, 0.1) is 25.5 Å². The Balaban J connectivity index is 1.61. The first kappa shape index (κ1) is 18.1. The van der Waals surface area contributed by atoms with E-state index in [9.17, 15) is 14.8 Å². The first-order valence-corrected chi connectivity index (χ1v) is 9.78. The highest BCUT2D eigenvalue weighted by atomic mass is 31.2. The number of rotatable bonds is 6. The number of aliphatic hydroxyl groups is 2. The zero-order valence-electron chi connectivity index (χ0n) is 13.6. The largest absolute Gasteiger partial charge is 0.424 e. The smallest absolute Gasteiger partial charge is 0.382 e. The fourth-order valence-corrected chi connectivity index (χ4v) is 4.51. The first-order valence-electron chi connectivity index (χ1n) is 8.06. The normalized spacial score (nSPS) is 29.3. The van der Waals surface area contributed by atoms with Gasteiger partial charge in [0, 0.05) is 0 Å². The Bertz CT molecular complexity index is 708. The van der Waals surface area contributed by atoms with Crippen LogP contribution in [0.5, 0.6) is 5.75 Å². The first-order chi connectivity index (χ1) is 12.1. The Kier molecular flexibility index (Phi) is 5.89. The molecule has 1 unspecified atom stereocenters. The summed E-state index contributed by atoms with van der Waals surface area (Å²) in [5, 5.41) is 20.1. The van der Waals surface area contributed by atoms with Gasteiger partial charge >= 0.3 is 7.60 Å². The summed E-state index contributed by atoms with van der Waals surface area (Å²) in [6.45, 7) is 0.322. The van der Waals surface area contributed by atoms with Crippen molar-refractivity contribution in [2.24, 2.45) is 0 Å². The molecule has 7 heteroatoms. The minimum absolute atomic E-state index is 0.00470. The van der Waals surface area contributed by atoms with E-state index in [0.717, 1.165) is 5.56 Å². The quantitative estimate of drug-likeness (QED) is 0.767. The van der Waals surface area contributed by atoms with Gasteiger partial charge in [-0.2, -0.15) is 0 Å². The van der Waals surface area contributed by atoms with E-state index in [-0.39, 0.29) is 12.8 Å². The van der Waals surface area contributed by atoms with E-state index in [2.05, 4.69) is 0 Å². The number of hydrogen-bond acceptors (Lipinski definition) is 6. The molecule has 25 heavy (non-hydrogen) atoms. The van der Waals surface area contributed by atoms with Gasteiger partial charge < -0.3 is 19.5 Å². The molecule has 0 saturated carbocycles. The summed E-state index contributed by atoms with van der Waals surface area (Å²) in [5.41, 5.74) is 0.970. The maximum atomic E-state index is 12.8. The molecule has 134 valence electrons. The lowest BCUT2D eigenvalue weighted by molar-refractivity contribution is -0.0907. The molecule has 1 fully saturated rings. The zero-order chi connectivity index (χ0) is 17.7. The molecule has 1 aliphatic heterocycles. The molecule has 2 N–H and O–H groups in total. The fourth-order valence-electron chi connectivity index (χ4n) is 2.59. The van der Waals surface area contributed by atoms with E-state index < -0.39 is 25.9 Å². The maximum absolute atomic E-state index is 12.8. The van der Waals surface area contributed by atoms with Gasteiger partial charge in [-0.25, -0.2) is 4.57 Å². The molecule has 4 atom stereocenters. The van der Waals surface area contributed by atoms with Crippen LogP contribution in [0.15, 0.2) is 60.7 Å². The number of benzene rings is 2. The molecule has 0 radical (unpaired) electrons. The Morgan fingerprint density at radius 3 is 2.36 bits per heavy atom. The molecule has 3 rings (SSSR count). The van der Waals surface area contributed by atoms with Crippen LogP contribution in [-0.4, -0.2) is 41.3 Å². The van der Waals surface area contributed by atoms with E-state index in [1.165, 1.54) is 0 Å². The van der Waals surface area contributed by atoms with Gasteiger partial charge in [-0.1, -0.05) is 48.5 Å². The molecule has 1 aliphatic rings. The molecular formula is C18H21O6P. The van der Waals surface area contributed by atoms with Crippen LogP contribution < -0.4 is 4.52 Å². The van der Waals surface area contributed by atoms with Crippen LogP contribution in [0.4, 0.5) is 0 Å². The van der Waals surface area contributed by atoms with Gasteiger partial charge in [-0.3, -0.25) is 4.52 Å².